The highest BCUT2D eigenvalue weighted by Crippen LogP contribution is 2.49. The van der Waals surface area contributed by atoms with Gasteiger partial charge in [-0.2, -0.15) is 0 Å². The number of ether oxygens (including phenoxy) is 2. The number of hydrogen-bond acceptors (Lipinski definition) is 3. The maximum atomic E-state index is 6.26. The van der Waals surface area contributed by atoms with Gasteiger partial charge in [0, 0.05) is 17.5 Å². The van der Waals surface area contributed by atoms with Crippen molar-refractivity contribution < 1.29 is 9.47 Å². The number of rotatable bonds is 5. The van der Waals surface area contributed by atoms with E-state index in [1.165, 1.54) is 30.4 Å². The summed E-state index contributed by atoms with van der Waals surface area (Å²) in [7, 11) is 3.44. The molecule has 1 fully saturated rings. The molecule has 2 N–H and O–H groups in total. The molecule has 0 bridgehead atoms. The molecule has 0 saturated heterocycles. The Balaban J connectivity index is 2.67. The normalized spacial score (nSPS) is 17.8. The van der Waals surface area contributed by atoms with Gasteiger partial charge in [-0.1, -0.05) is 39.2 Å². The first-order valence-corrected chi connectivity index (χ1v) is 8.05. The molecule has 1 aromatic rings. The first-order valence-electron chi connectivity index (χ1n) is 8.05. The van der Waals surface area contributed by atoms with Crippen molar-refractivity contribution in [3.8, 4) is 11.5 Å². The van der Waals surface area contributed by atoms with E-state index in [4.69, 9.17) is 15.2 Å². The van der Waals surface area contributed by atoms with Gasteiger partial charge in [0.15, 0.2) is 11.5 Å². The Bertz CT molecular complexity index is 476. The predicted octanol–water partition coefficient (Wildman–Crippen LogP) is 3.99. The third kappa shape index (κ3) is 2.89. The second kappa shape index (κ2) is 6.69. The number of methoxy groups -OCH3 is 2. The summed E-state index contributed by atoms with van der Waals surface area (Å²) < 4.78 is 11.3. The number of hydrogen-bond donors (Lipinski definition) is 1. The van der Waals surface area contributed by atoms with E-state index in [1.54, 1.807) is 14.2 Å². The third-order valence-corrected chi connectivity index (χ3v) is 4.93. The van der Waals surface area contributed by atoms with Crippen LogP contribution in [0.25, 0.3) is 0 Å². The molecular formula is C18H29NO2. The maximum Gasteiger partial charge on any atom is 0.164 e. The summed E-state index contributed by atoms with van der Waals surface area (Å²) in [5.41, 5.74) is 8.94. The van der Waals surface area contributed by atoms with Gasteiger partial charge in [-0.05, 0) is 30.4 Å². The van der Waals surface area contributed by atoms with Crippen molar-refractivity contribution >= 4 is 0 Å². The zero-order chi connectivity index (χ0) is 15.5. The molecule has 1 saturated carbocycles. The minimum atomic E-state index is 0.0394. The zero-order valence-corrected chi connectivity index (χ0v) is 13.9. The first-order chi connectivity index (χ1) is 10.1. The van der Waals surface area contributed by atoms with Gasteiger partial charge in [-0.25, -0.2) is 0 Å². The molecule has 0 unspecified atom stereocenters. The number of nitrogens with two attached hydrogens (primary N) is 1. The summed E-state index contributed by atoms with van der Waals surface area (Å²) in [4.78, 5) is 0. The molecule has 3 heteroatoms. The Morgan fingerprint density at radius 3 is 2.24 bits per heavy atom. The van der Waals surface area contributed by atoms with Crippen molar-refractivity contribution in [1.29, 1.82) is 0 Å². The molecule has 0 amide bonds. The molecule has 118 valence electrons. The van der Waals surface area contributed by atoms with Crippen molar-refractivity contribution in [2.45, 2.75) is 57.3 Å². The minimum absolute atomic E-state index is 0.0394. The summed E-state index contributed by atoms with van der Waals surface area (Å²) in [6.07, 6.45) is 6.09. The fraction of sp³-hybridized carbons (Fsp3) is 0.667. The Labute approximate surface area is 128 Å². The summed E-state index contributed by atoms with van der Waals surface area (Å²) in [6, 6.07) is 4.21. The Morgan fingerprint density at radius 1 is 1.10 bits per heavy atom. The van der Waals surface area contributed by atoms with E-state index in [9.17, 15) is 0 Å². The van der Waals surface area contributed by atoms with Crippen LogP contribution in [0.4, 0.5) is 0 Å². The summed E-state index contributed by atoms with van der Waals surface area (Å²) >= 11 is 0. The van der Waals surface area contributed by atoms with E-state index in [2.05, 4.69) is 19.9 Å². The molecule has 1 aliphatic carbocycles. The van der Waals surface area contributed by atoms with Gasteiger partial charge < -0.3 is 15.2 Å². The largest absolute Gasteiger partial charge is 0.493 e. The standard InChI is InChI=1S/C18H29NO2/c1-13(2)14-8-9-15(20-3)17(21-4)16(14)18(12-19)10-6-5-7-11-18/h8-9,13H,5-7,10-12,19H2,1-4H3. The molecule has 3 nitrogen and oxygen atoms in total. The molecule has 0 aromatic heterocycles. The highest BCUT2D eigenvalue weighted by molar-refractivity contribution is 5.55. The average molecular weight is 291 g/mol. The van der Waals surface area contributed by atoms with Crippen molar-refractivity contribution in [1.82, 2.24) is 0 Å². The molecule has 0 aliphatic heterocycles. The monoisotopic (exact) mass is 291 g/mol. The first kappa shape index (κ1) is 16.2. The zero-order valence-electron chi connectivity index (χ0n) is 13.9. The fourth-order valence-electron chi connectivity index (χ4n) is 3.76. The van der Waals surface area contributed by atoms with Crippen LogP contribution in [0.1, 0.15) is 63.0 Å². The van der Waals surface area contributed by atoms with Crippen LogP contribution >= 0.6 is 0 Å². The van der Waals surface area contributed by atoms with E-state index in [0.29, 0.717) is 12.5 Å². The van der Waals surface area contributed by atoms with Crippen molar-refractivity contribution in [2.24, 2.45) is 5.73 Å². The van der Waals surface area contributed by atoms with E-state index in [-0.39, 0.29) is 5.41 Å². The molecule has 2 rings (SSSR count). The molecule has 21 heavy (non-hydrogen) atoms. The van der Waals surface area contributed by atoms with Crippen LogP contribution in [-0.2, 0) is 5.41 Å². The second-order valence-electron chi connectivity index (χ2n) is 6.47. The van der Waals surface area contributed by atoms with Gasteiger partial charge >= 0.3 is 0 Å². The average Bonchev–Trinajstić information content (AvgIpc) is 2.53. The summed E-state index contributed by atoms with van der Waals surface area (Å²) in [6.45, 7) is 5.14. The van der Waals surface area contributed by atoms with Crippen LogP contribution in [0.3, 0.4) is 0 Å². The van der Waals surface area contributed by atoms with E-state index < -0.39 is 0 Å². The lowest BCUT2D eigenvalue weighted by atomic mass is 9.66. The Morgan fingerprint density at radius 2 is 1.76 bits per heavy atom. The summed E-state index contributed by atoms with van der Waals surface area (Å²) in [5, 5.41) is 0. The van der Waals surface area contributed by atoms with Gasteiger partial charge in [0.25, 0.3) is 0 Å². The van der Waals surface area contributed by atoms with Gasteiger partial charge in [0.1, 0.15) is 0 Å². The predicted molar refractivity (Wildman–Crippen MR) is 87.5 cm³/mol. The Hall–Kier alpha value is -1.22. The second-order valence-corrected chi connectivity index (χ2v) is 6.47. The Kier molecular flexibility index (Phi) is 5.15. The van der Waals surface area contributed by atoms with E-state index in [0.717, 1.165) is 24.3 Å². The molecule has 1 aliphatic rings. The maximum absolute atomic E-state index is 6.26. The van der Waals surface area contributed by atoms with Crippen LogP contribution in [0, 0.1) is 0 Å². The van der Waals surface area contributed by atoms with Gasteiger partial charge in [-0.15, -0.1) is 0 Å². The van der Waals surface area contributed by atoms with Gasteiger partial charge in [0.05, 0.1) is 14.2 Å². The minimum Gasteiger partial charge on any atom is -0.493 e. The molecule has 0 heterocycles. The lowest BCUT2D eigenvalue weighted by molar-refractivity contribution is 0.278. The molecule has 1 aromatic carbocycles. The van der Waals surface area contributed by atoms with E-state index in [1.807, 2.05) is 6.07 Å². The fourth-order valence-corrected chi connectivity index (χ4v) is 3.76. The van der Waals surface area contributed by atoms with Crippen molar-refractivity contribution in [3.63, 3.8) is 0 Å². The smallest absolute Gasteiger partial charge is 0.164 e. The topological polar surface area (TPSA) is 44.5 Å². The molecule has 0 spiro atoms. The molecule has 0 radical (unpaired) electrons. The lowest BCUT2D eigenvalue weighted by Gasteiger charge is -2.40. The van der Waals surface area contributed by atoms with Crippen LogP contribution in [-0.4, -0.2) is 20.8 Å². The quantitative estimate of drug-likeness (QED) is 0.892. The SMILES string of the molecule is COc1ccc(C(C)C)c(C2(CN)CCCCC2)c1OC. The lowest BCUT2D eigenvalue weighted by Crippen LogP contribution is -2.38. The van der Waals surface area contributed by atoms with Crippen LogP contribution in [0.5, 0.6) is 11.5 Å². The van der Waals surface area contributed by atoms with Crippen molar-refractivity contribution in [3.05, 3.63) is 23.3 Å². The van der Waals surface area contributed by atoms with Crippen molar-refractivity contribution in [2.75, 3.05) is 20.8 Å². The highest BCUT2D eigenvalue weighted by atomic mass is 16.5. The van der Waals surface area contributed by atoms with Crippen LogP contribution < -0.4 is 15.2 Å². The summed E-state index contributed by atoms with van der Waals surface area (Å²) in [5.74, 6) is 2.15. The van der Waals surface area contributed by atoms with Crippen LogP contribution in [0.15, 0.2) is 12.1 Å². The van der Waals surface area contributed by atoms with Gasteiger partial charge in [0.2, 0.25) is 0 Å². The van der Waals surface area contributed by atoms with E-state index >= 15 is 0 Å². The molecular weight excluding hydrogens is 262 g/mol. The van der Waals surface area contributed by atoms with Gasteiger partial charge in [-0.3, -0.25) is 0 Å². The number of benzene rings is 1. The van der Waals surface area contributed by atoms with Crippen LogP contribution in [0.2, 0.25) is 0 Å². The molecule has 0 atom stereocenters. The highest BCUT2D eigenvalue weighted by Gasteiger charge is 2.38. The third-order valence-electron chi connectivity index (χ3n) is 4.93.